The minimum Gasteiger partial charge on any atom is -0.403 e. The van der Waals surface area contributed by atoms with Gasteiger partial charge in [-0.05, 0) is 50.1 Å². The van der Waals surface area contributed by atoms with Crippen LogP contribution in [0.1, 0.15) is 23.7 Å². The van der Waals surface area contributed by atoms with Crippen molar-refractivity contribution in [2.75, 3.05) is 0 Å². The van der Waals surface area contributed by atoms with E-state index < -0.39 is 10.0 Å². The summed E-state index contributed by atoms with van der Waals surface area (Å²) in [6.45, 7) is 5.61. The molecule has 0 atom stereocenters. The van der Waals surface area contributed by atoms with Gasteiger partial charge in [-0.3, -0.25) is 0 Å². The number of nitrogens with zero attached hydrogens (tertiary/aromatic N) is 2. The van der Waals surface area contributed by atoms with Gasteiger partial charge in [0, 0.05) is 5.56 Å². The Morgan fingerprint density at radius 3 is 2.38 bits per heavy atom. The minimum absolute atomic E-state index is 0.00494. The van der Waals surface area contributed by atoms with Crippen LogP contribution in [-0.2, 0) is 16.4 Å². The van der Waals surface area contributed by atoms with Gasteiger partial charge in [-0.15, -0.1) is 0 Å². The highest BCUT2D eigenvalue weighted by atomic mass is 32.2. The molecule has 2 heterocycles. The first-order valence-electron chi connectivity index (χ1n) is 7.39. The Morgan fingerprint density at radius 1 is 1.21 bits per heavy atom. The minimum atomic E-state index is -3.76. The first-order valence-corrected chi connectivity index (χ1v) is 8.93. The van der Waals surface area contributed by atoms with Crippen LogP contribution < -0.4 is 10.8 Å². The molecule has 2 aromatic heterocycles. The third-order valence-electron chi connectivity index (χ3n) is 4.04. The van der Waals surface area contributed by atoms with Crippen molar-refractivity contribution in [2.24, 2.45) is 5.14 Å². The molecular weight excluding hydrogens is 330 g/mol. The smallest absolute Gasteiger partial charge is 0.341 e. The molecule has 0 saturated carbocycles. The van der Waals surface area contributed by atoms with E-state index in [1.165, 1.54) is 16.8 Å². The summed E-state index contributed by atoms with van der Waals surface area (Å²) in [5.41, 5.74) is 2.76. The van der Waals surface area contributed by atoms with Crippen molar-refractivity contribution in [3.63, 3.8) is 0 Å². The first kappa shape index (κ1) is 16.4. The Kier molecular flexibility index (Phi) is 3.81. The first-order chi connectivity index (χ1) is 11.2. The van der Waals surface area contributed by atoms with Crippen LogP contribution in [0.25, 0.3) is 16.8 Å². The number of fused-ring (bicyclic) bond motifs is 1. The summed E-state index contributed by atoms with van der Waals surface area (Å²) in [5.74, 6) is 0. The van der Waals surface area contributed by atoms with Crippen LogP contribution in [0.3, 0.4) is 0 Å². The molecule has 0 aliphatic rings. The zero-order valence-electron chi connectivity index (χ0n) is 13.5. The van der Waals surface area contributed by atoms with E-state index in [1.807, 2.05) is 20.8 Å². The molecule has 2 N–H and O–H groups in total. The van der Waals surface area contributed by atoms with E-state index >= 15 is 0 Å². The second kappa shape index (κ2) is 5.57. The molecule has 126 valence electrons. The molecule has 0 bridgehead atoms. The van der Waals surface area contributed by atoms with E-state index in [-0.39, 0.29) is 10.5 Å². The van der Waals surface area contributed by atoms with Gasteiger partial charge in [0.1, 0.15) is 0 Å². The lowest BCUT2D eigenvalue weighted by molar-refractivity contribution is 0.526. The third-order valence-corrected chi connectivity index (χ3v) is 4.97. The lowest BCUT2D eigenvalue weighted by Gasteiger charge is -2.06. The van der Waals surface area contributed by atoms with Crippen LogP contribution in [0.2, 0.25) is 0 Å². The quantitative estimate of drug-likeness (QED) is 0.777. The number of benzene rings is 1. The van der Waals surface area contributed by atoms with Crippen LogP contribution in [-0.4, -0.2) is 18.2 Å². The number of primary sulfonamides is 1. The fraction of sp³-hybridized carbons (Fsp3) is 0.250. The molecule has 0 unspecified atom stereocenters. The highest BCUT2D eigenvalue weighted by Gasteiger charge is 2.18. The Labute approximate surface area is 138 Å². The molecule has 0 saturated heterocycles. The predicted octanol–water partition coefficient (Wildman–Crippen LogP) is 1.81. The van der Waals surface area contributed by atoms with Crippen molar-refractivity contribution >= 4 is 21.1 Å². The average molecular weight is 347 g/mol. The maximum Gasteiger partial charge on any atom is 0.341 e. The number of aryl methyl sites for hydroxylation is 2. The molecule has 0 spiro atoms. The summed E-state index contributed by atoms with van der Waals surface area (Å²) in [6.07, 6.45) is 0.581. The van der Waals surface area contributed by atoms with Gasteiger partial charge in [-0.1, -0.05) is 6.92 Å². The van der Waals surface area contributed by atoms with Gasteiger partial charge in [0.25, 0.3) is 0 Å². The van der Waals surface area contributed by atoms with Gasteiger partial charge in [0.2, 0.25) is 15.7 Å². The van der Waals surface area contributed by atoms with E-state index in [4.69, 9.17) is 9.56 Å². The molecule has 1 aromatic carbocycles. The zero-order valence-corrected chi connectivity index (χ0v) is 14.3. The number of nitrogens with two attached hydrogens (primary N) is 1. The molecule has 3 aromatic rings. The average Bonchev–Trinajstić information content (AvgIpc) is 2.84. The summed E-state index contributed by atoms with van der Waals surface area (Å²) < 4.78 is 29.7. The maximum absolute atomic E-state index is 12.2. The van der Waals surface area contributed by atoms with Crippen LogP contribution in [0.5, 0.6) is 0 Å². The van der Waals surface area contributed by atoms with Crippen LogP contribution in [0, 0.1) is 13.8 Å². The normalized spacial score (nSPS) is 12.0. The third kappa shape index (κ3) is 2.53. The fourth-order valence-electron chi connectivity index (χ4n) is 2.85. The van der Waals surface area contributed by atoms with Crippen molar-refractivity contribution in [3.05, 3.63) is 51.5 Å². The number of rotatable bonds is 3. The maximum atomic E-state index is 12.2. The number of hydrogen-bond donors (Lipinski definition) is 1. The molecule has 0 amide bonds. The standard InChI is InChI=1S/C16H17N3O4S/c1-4-13-9(2)14-10(3)18-19(15(14)23-16(13)20)11-5-7-12(8-6-11)24(17,21)22/h5-8H,4H2,1-3H3,(H2,17,21,22). The van der Waals surface area contributed by atoms with Crippen LogP contribution >= 0.6 is 0 Å². The highest BCUT2D eigenvalue weighted by molar-refractivity contribution is 7.89. The summed E-state index contributed by atoms with van der Waals surface area (Å²) in [5, 5.41) is 10.3. The number of hydrogen-bond acceptors (Lipinski definition) is 5. The van der Waals surface area contributed by atoms with Gasteiger partial charge in [-0.2, -0.15) is 9.78 Å². The van der Waals surface area contributed by atoms with Crippen molar-refractivity contribution in [1.82, 2.24) is 9.78 Å². The molecule has 0 aliphatic heterocycles. The van der Waals surface area contributed by atoms with Crippen molar-refractivity contribution < 1.29 is 12.8 Å². The van der Waals surface area contributed by atoms with E-state index in [2.05, 4.69) is 5.10 Å². The highest BCUT2D eigenvalue weighted by Crippen LogP contribution is 2.26. The predicted molar refractivity (Wildman–Crippen MR) is 89.8 cm³/mol. The number of sulfonamides is 1. The Bertz CT molecular complexity index is 1090. The van der Waals surface area contributed by atoms with Gasteiger partial charge in [0.15, 0.2) is 0 Å². The van der Waals surface area contributed by atoms with E-state index in [9.17, 15) is 13.2 Å². The van der Waals surface area contributed by atoms with Gasteiger partial charge in [0.05, 0.1) is 21.7 Å². The molecule has 7 nitrogen and oxygen atoms in total. The molecule has 0 fully saturated rings. The summed E-state index contributed by atoms with van der Waals surface area (Å²) in [4.78, 5) is 12.2. The Hall–Kier alpha value is -2.45. The second-order valence-corrected chi connectivity index (χ2v) is 7.12. The molecule has 8 heteroatoms. The fourth-order valence-corrected chi connectivity index (χ4v) is 3.36. The topological polar surface area (TPSA) is 108 Å². The number of aromatic nitrogens is 2. The van der Waals surface area contributed by atoms with Gasteiger partial charge < -0.3 is 4.42 Å². The molecule has 3 rings (SSSR count). The summed E-state index contributed by atoms with van der Waals surface area (Å²) in [7, 11) is -3.76. The van der Waals surface area contributed by atoms with Gasteiger partial charge >= 0.3 is 5.63 Å². The monoisotopic (exact) mass is 347 g/mol. The second-order valence-electron chi connectivity index (χ2n) is 5.56. The Morgan fingerprint density at radius 2 is 1.83 bits per heavy atom. The summed E-state index contributed by atoms with van der Waals surface area (Å²) >= 11 is 0. The molecule has 24 heavy (non-hydrogen) atoms. The van der Waals surface area contributed by atoms with Gasteiger partial charge in [-0.25, -0.2) is 18.4 Å². The zero-order chi connectivity index (χ0) is 17.6. The van der Waals surface area contributed by atoms with E-state index in [1.54, 1.807) is 12.1 Å². The molecule has 0 radical (unpaired) electrons. The van der Waals surface area contributed by atoms with Crippen molar-refractivity contribution in [2.45, 2.75) is 32.1 Å². The lowest BCUT2D eigenvalue weighted by atomic mass is 10.1. The lowest BCUT2D eigenvalue weighted by Crippen LogP contribution is -2.12. The van der Waals surface area contributed by atoms with Crippen molar-refractivity contribution in [1.29, 1.82) is 0 Å². The van der Waals surface area contributed by atoms with E-state index in [0.29, 0.717) is 23.4 Å². The summed E-state index contributed by atoms with van der Waals surface area (Å²) in [6, 6.07) is 5.90. The van der Waals surface area contributed by atoms with Crippen molar-refractivity contribution in [3.8, 4) is 5.69 Å². The molecule has 0 aliphatic carbocycles. The molecular formula is C16H17N3O4S. The van der Waals surface area contributed by atoms with Crippen LogP contribution in [0.4, 0.5) is 0 Å². The SMILES string of the molecule is CCc1c(C)c2c(C)nn(-c3ccc(S(N)(=O)=O)cc3)c2oc1=O. The largest absolute Gasteiger partial charge is 0.403 e. The van der Waals surface area contributed by atoms with Crippen LogP contribution in [0.15, 0.2) is 38.4 Å². The van der Waals surface area contributed by atoms with E-state index in [0.717, 1.165) is 16.6 Å². The Balaban J connectivity index is 2.26.